The van der Waals surface area contributed by atoms with Gasteiger partial charge in [0.1, 0.15) is 5.82 Å². The van der Waals surface area contributed by atoms with Gasteiger partial charge in [0.2, 0.25) is 11.8 Å². The first kappa shape index (κ1) is 15.8. The van der Waals surface area contributed by atoms with Crippen molar-refractivity contribution in [3.05, 3.63) is 29.0 Å². The van der Waals surface area contributed by atoms with Gasteiger partial charge < -0.3 is 13.9 Å². The molecule has 130 valence electrons. The maximum Gasteiger partial charge on any atom is 0.216 e. The van der Waals surface area contributed by atoms with E-state index in [1.54, 1.807) is 0 Å². The Labute approximate surface area is 143 Å². The largest absolute Gasteiger partial charge is 0.426 e. The van der Waals surface area contributed by atoms with Crippen LogP contribution in [0.3, 0.4) is 0 Å². The smallest absolute Gasteiger partial charge is 0.216 e. The van der Waals surface area contributed by atoms with Crippen LogP contribution in [0, 0.1) is 13.8 Å². The van der Waals surface area contributed by atoms with E-state index in [1.165, 1.54) is 55.9 Å². The normalized spacial score (nSPS) is 21.3. The van der Waals surface area contributed by atoms with E-state index >= 15 is 0 Å². The molecule has 24 heavy (non-hydrogen) atoms. The quantitative estimate of drug-likeness (QED) is 0.844. The maximum absolute atomic E-state index is 5.45. The van der Waals surface area contributed by atoms with Crippen LogP contribution in [0.2, 0.25) is 0 Å². The lowest BCUT2D eigenvalue weighted by molar-refractivity contribution is 0.312. The molecule has 2 aromatic rings. The zero-order valence-electron chi connectivity index (χ0n) is 14.8. The van der Waals surface area contributed by atoms with Crippen molar-refractivity contribution in [1.29, 1.82) is 0 Å². The molecule has 1 atom stereocenters. The molecular weight excluding hydrogens is 302 g/mol. The predicted octanol–water partition coefficient (Wildman–Crippen LogP) is 2.64. The van der Waals surface area contributed by atoms with Crippen molar-refractivity contribution in [2.75, 3.05) is 19.6 Å². The second-order valence-electron chi connectivity index (χ2n) is 7.19. The third-order valence-electron chi connectivity index (χ3n) is 5.39. The van der Waals surface area contributed by atoms with Gasteiger partial charge >= 0.3 is 0 Å². The average Bonchev–Trinajstić information content (AvgIpc) is 3.26. The van der Waals surface area contributed by atoms with Gasteiger partial charge in [-0.2, -0.15) is 0 Å². The van der Waals surface area contributed by atoms with Gasteiger partial charge in [-0.1, -0.05) is 0 Å². The van der Waals surface area contributed by atoms with E-state index in [-0.39, 0.29) is 0 Å². The Kier molecular flexibility index (Phi) is 4.39. The number of nitrogens with zero attached hydrogens (tertiary/aromatic N) is 5. The van der Waals surface area contributed by atoms with E-state index in [2.05, 4.69) is 26.6 Å². The lowest BCUT2D eigenvalue weighted by Gasteiger charge is -2.21. The number of fused-ring (bicyclic) bond motifs is 1. The Hall–Kier alpha value is -1.69. The zero-order chi connectivity index (χ0) is 16.5. The fourth-order valence-corrected chi connectivity index (χ4v) is 4.30. The number of rotatable bonds is 5. The van der Waals surface area contributed by atoms with E-state index in [0.717, 1.165) is 31.8 Å². The first-order valence-corrected chi connectivity index (χ1v) is 9.28. The van der Waals surface area contributed by atoms with Crippen LogP contribution in [0.4, 0.5) is 0 Å². The molecule has 2 aromatic heterocycles. The van der Waals surface area contributed by atoms with Gasteiger partial charge in [0.05, 0.1) is 5.69 Å². The maximum atomic E-state index is 5.45. The lowest BCUT2D eigenvalue weighted by atomic mass is 10.0. The van der Waals surface area contributed by atoms with Gasteiger partial charge in [-0.05, 0) is 52.0 Å². The van der Waals surface area contributed by atoms with Crippen molar-refractivity contribution in [2.24, 2.45) is 0 Å². The Morgan fingerprint density at radius 1 is 1.17 bits per heavy atom. The van der Waals surface area contributed by atoms with E-state index in [9.17, 15) is 0 Å². The van der Waals surface area contributed by atoms with Crippen LogP contribution in [-0.2, 0) is 19.3 Å². The lowest BCUT2D eigenvalue weighted by Crippen LogP contribution is -2.24. The summed E-state index contributed by atoms with van der Waals surface area (Å²) in [5, 5.41) is 7.97. The fourth-order valence-electron chi connectivity index (χ4n) is 4.30. The van der Waals surface area contributed by atoms with Crippen molar-refractivity contribution >= 4 is 0 Å². The summed E-state index contributed by atoms with van der Waals surface area (Å²) in [6.07, 6.45) is 8.19. The molecule has 1 aliphatic carbocycles. The Morgan fingerprint density at radius 3 is 2.88 bits per heavy atom. The molecule has 4 rings (SSSR count). The van der Waals surface area contributed by atoms with Crippen LogP contribution in [-0.4, -0.2) is 44.3 Å². The highest BCUT2D eigenvalue weighted by molar-refractivity contribution is 5.21. The number of hydrogen-bond acceptors (Lipinski definition) is 5. The summed E-state index contributed by atoms with van der Waals surface area (Å²) in [7, 11) is 0. The molecule has 0 N–H and O–H groups in total. The molecule has 6 heteroatoms. The molecule has 3 heterocycles. The Morgan fingerprint density at radius 2 is 2.04 bits per heavy atom. The summed E-state index contributed by atoms with van der Waals surface area (Å²) >= 11 is 0. The minimum absolute atomic E-state index is 0.602. The fraction of sp³-hybridized carbons (Fsp3) is 0.722. The molecule has 0 bridgehead atoms. The summed E-state index contributed by atoms with van der Waals surface area (Å²) in [5.74, 6) is 2.64. The number of likely N-dealkylation sites (tertiary alicyclic amines) is 1. The van der Waals surface area contributed by atoms with Crippen LogP contribution in [0.25, 0.3) is 0 Å². The first-order chi connectivity index (χ1) is 11.7. The Balaban J connectivity index is 1.34. The summed E-state index contributed by atoms with van der Waals surface area (Å²) in [4.78, 5) is 7.41. The molecule has 1 unspecified atom stereocenters. The van der Waals surface area contributed by atoms with Crippen molar-refractivity contribution in [3.63, 3.8) is 0 Å². The molecule has 1 fully saturated rings. The van der Waals surface area contributed by atoms with Crippen LogP contribution >= 0.6 is 0 Å². The monoisotopic (exact) mass is 329 g/mol. The van der Waals surface area contributed by atoms with Crippen LogP contribution in [0.15, 0.2) is 4.42 Å². The van der Waals surface area contributed by atoms with Gasteiger partial charge in [-0.25, -0.2) is 4.98 Å². The molecule has 1 aliphatic heterocycles. The third-order valence-corrected chi connectivity index (χ3v) is 5.39. The summed E-state index contributed by atoms with van der Waals surface area (Å²) in [5.41, 5.74) is 2.89. The number of aryl methyl sites for hydroxylation is 4. The molecule has 1 saturated heterocycles. The molecule has 0 saturated carbocycles. The summed E-state index contributed by atoms with van der Waals surface area (Å²) in [6.45, 7) is 7.45. The van der Waals surface area contributed by atoms with E-state index in [1.807, 2.05) is 6.92 Å². The predicted molar refractivity (Wildman–Crippen MR) is 91.1 cm³/mol. The van der Waals surface area contributed by atoms with Gasteiger partial charge in [0.25, 0.3) is 0 Å². The SMILES string of the molecule is Cc1nnc(CCCN2CCC(n3c(C)nc4c3CCCC4)C2)o1. The minimum Gasteiger partial charge on any atom is -0.426 e. The van der Waals surface area contributed by atoms with E-state index < -0.39 is 0 Å². The van der Waals surface area contributed by atoms with Crippen molar-refractivity contribution in [1.82, 2.24) is 24.6 Å². The topological polar surface area (TPSA) is 60.0 Å². The standard InChI is InChI=1S/C18H27N5O/c1-13-19-16-6-3-4-7-17(16)23(13)15-9-11-22(12-15)10-5-8-18-21-20-14(2)24-18/h15H,3-12H2,1-2H3. The van der Waals surface area contributed by atoms with E-state index in [4.69, 9.17) is 9.40 Å². The number of hydrogen-bond donors (Lipinski definition) is 0. The van der Waals surface area contributed by atoms with Crippen molar-refractivity contribution in [3.8, 4) is 0 Å². The molecule has 0 spiro atoms. The van der Waals surface area contributed by atoms with Gasteiger partial charge in [0, 0.05) is 38.2 Å². The summed E-state index contributed by atoms with van der Waals surface area (Å²) in [6, 6.07) is 0.602. The number of imidazole rings is 1. The molecular formula is C18H27N5O. The molecule has 6 nitrogen and oxygen atoms in total. The average molecular weight is 329 g/mol. The minimum atomic E-state index is 0.602. The second kappa shape index (κ2) is 6.67. The molecule has 0 amide bonds. The number of aromatic nitrogens is 4. The van der Waals surface area contributed by atoms with Crippen molar-refractivity contribution < 1.29 is 4.42 Å². The molecule has 2 aliphatic rings. The second-order valence-corrected chi connectivity index (χ2v) is 7.19. The highest BCUT2D eigenvalue weighted by atomic mass is 16.4. The first-order valence-electron chi connectivity index (χ1n) is 9.28. The Bertz CT molecular complexity index is 704. The summed E-state index contributed by atoms with van der Waals surface area (Å²) < 4.78 is 8.00. The highest BCUT2D eigenvalue weighted by Crippen LogP contribution is 2.30. The molecule has 0 radical (unpaired) electrons. The van der Waals surface area contributed by atoms with Gasteiger partial charge in [0.15, 0.2) is 0 Å². The van der Waals surface area contributed by atoms with Crippen molar-refractivity contribution in [2.45, 2.75) is 64.8 Å². The third kappa shape index (κ3) is 3.11. The molecule has 0 aromatic carbocycles. The highest BCUT2D eigenvalue weighted by Gasteiger charge is 2.28. The van der Waals surface area contributed by atoms with Crippen LogP contribution in [0.5, 0.6) is 0 Å². The van der Waals surface area contributed by atoms with Gasteiger partial charge in [-0.15, -0.1) is 10.2 Å². The van der Waals surface area contributed by atoms with Gasteiger partial charge in [-0.3, -0.25) is 0 Å². The zero-order valence-corrected chi connectivity index (χ0v) is 14.8. The van der Waals surface area contributed by atoms with E-state index in [0.29, 0.717) is 11.9 Å². The van der Waals surface area contributed by atoms with Crippen LogP contribution in [0.1, 0.15) is 60.7 Å². The van der Waals surface area contributed by atoms with Crippen LogP contribution < -0.4 is 0 Å².